The fraction of sp³-hybridized carbons (Fsp3) is 0.0714. The van der Waals surface area contributed by atoms with Gasteiger partial charge in [0.05, 0.1) is 21.1 Å². The lowest BCUT2D eigenvalue weighted by atomic mass is 9.65. The fourth-order valence-electron chi connectivity index (χ4n) is 15.1. The molecule has 17 rings (SSSR count). The van der Waals surface area contributed by atoms with Crippen LogP contribution in [0.1, 0.15) is 108 Å². The molecule has 8 aromatic carbocycles. The average molecular weight is 1310 g/mol. The Morgan fingerprint density at radius 3 is 1.38 bits per heavy atom. The van der Waals surface area contributed by atoms with Crippen LogP contribution in [0.2, 0.25) is 0 Å². The first-order valence-electron chi connectivity index (χ1n) is 30.9. The maximum absolute atomic E-state index is 14.0. The molecule has 0 amide bonds. The smallest absolute Gasteiger partial charge is 0.289 e. The van der Waals surface area contributed by atoms with Crippen LogP contribution in [0.5, 0.6) is 0 Å². The predicted molar refractivity (Wildman–Crippen MR) is 391 cm³/mol. The SMILES string of the molecule is [C-]#[N+]C([N+]#[C-])=C1C(=Cc2ccc(-c3ccc4c5c(sc4c3)-c3cc4c(cc3C5(c3ccc(C)cc3)c3ccc(C)cc3)-c3sc5cc(-c6ccc(C=C7C(=O)c8ccccc8C7=C(C#N)C#N)s6)sc5c3C4(c3ccc(C)cc3)c3ccc(C)cc3)s2)C(=O)c2ccccc21. The van der Waals surface area contributed by atoms with Crippen molar-refractivity contribution in [3.8, 4) is 53.2 Å². The molecule has 6 nitrogen and oxygen atoms in total. The highest BCUT2D eigenvalue weighted by atomic mass is 32.1. The summed E-state index contributed by atoms with van der Waals surface area (Å²) >= 11 is 8.72. The van der Waals surface area contributed by atoms with Crippen LogP contribution in [0.4, 0.5) is 0 Å². The summed E-state index contributed by atoms with van der Waals surface area (Å²) in [4.78, 5) is 42.6. The minimum Gasteiger partial charge on any atom is -0.289 e. The number of ketones is 2. The highest BCUT2D eigenvalue weighted by molar-refractivity contribution is 7.33. The number of benzene rings is 8. The number of thiophene rings is 5. The first-order chi connectivity index (χ1) is 46.3. The van der Waals surface area contributed by atoms with Gasteiger partial charge < -0.3 is 0 Å². The van der Waals surface area contributed by atoms with E-state index in [0.29, 0.717) is 44.5 Å². The van der Waals surface area contributed by atoms with Crippen molar-refractivity contribution < 1.29 is 9.59 Å². The molecule has 0 saturated heterocycles. The van der Waals surface area contributed by atoms with Crippen LogP contribution in [-0.4, -0.2) is 11.6 Å². The van der Waals surface area contributed by atoms with Crippen molar-refractivity contribution in [1.29, 1.82) is 10.5 Å². The summed E-state index contributed by atoms with van der Waals surface area (Å²) in [5.74, 6) is -0.493. The third kappa shape index (κ3) is 8.45. The van der Waals surface area contributed by atoms with Crippen molar-refractivity contribution >= 4 is 111 Å². The second kappa shape index (κ2) is 21.8. The summed E-state index contributed by atoms with van der Waals surface area (Å²) in [6.45, 7) is 24.4. The van der Waals surface area contributed by atoms with Gasteiger partial charge in [-0.25, -0.2) is 0 Å². The molecule has 0 bridgehead atoms. The van der Waals surface area contributed by atoms with E-state index >= 15 is 0 Å². The maximum Gasteiger partial charge on any atom is 0.528 e. The van der Waals surface area contributed by atoms with E-state index in [4.69, 9.17) is 13.1 Å². The Morgan fingerprint density at radius 2 is 0.874 bits per heavy atom. The number of aryl methyl sites for hydroxylation is 4. The lowest BCUT2D eigenvalue weighted by molar-refractivity contribution is 0.103. The van der Waals surface area contributed by atoms with Crippen LogP contribution in [-0.2, 0) is 10.8 Å². The van der Waals surface area contributed by atoms with Gasteiger partial charge in [0.2, 0.25) is 0 Å². The quantitative estimate of drug-likeness (QED) is 0.0861. The van der Waals surface area contributed by atoms with E-state index in [1.54, 1.807) is 34.8 Å². The lowest BCUT2D eigenvalue weighted by Gasteiger charge is -2.36. The van der Waals surface area contributed by atoms with Gasteiger partial charge in [-0.1, -0.05) is 180 Å². The van der Waals surface area contributed by atoms with E-state index in [9.17, 15) is 20.1 Å². The number of fused-ring (bicyclic) bond motifs is 12. The van der Waals surface area contributed by atoms with Crippen molar-refractivity contribution in [3.63, 3.8) is 0 Å². The predicted octanol–water partition coefficient (Wildman–Crippen LogP) is 22.5. The Kier molecular flexibility index (Phi) is 13.3. The van der Waals surface area contributed by atoms with Crippen LogP contribution >= 0.6 is 56.7 Å². The minimum absolute atomic E-state index is 0.0812. The monoisotopic (exact) mass is 1300 g/mol. The average Bonchev–Trinajstić information content (AvgIpc) is 1.50. The Bertz CT molecular complexity index is 5780. The molecule has 0 spiro atoms. The van der Waals surface area contributed by atoms with E-state index in [1.807, 2.05) is 94.7 Å². The molecule has 11 heteroatoms. The Hall–Kier alpha value is -11.0. The van der Waals surface area contributed by atoms with Crippen LogP contribution in [0.25, 0.3) is 93.6 Å². The number of Topliss-reactive ketones (excluding diaryl/α,β-unsaturated/α-hetero) is 2. The normalized spacial score (nSPS) is 15.1. The van der Waals surface area contributed by atoms with Crippen LogP contribution in [0.15, 0.2) is 229 Å². The molecule has 5 aromatic heterocycles. The molecule has 95 heavy (non-hydrogen) atoms. The van der Waals surface area contributed by atoms with Gasteiger partial charge in [-0.2, -0.15) is 20.2 Å². The van der Waals surface area contributed by atoms with Gasteiger partial charge in [0.15, 0.2) is 11.6 Å². The van der Waals surface area contributed by atoms with Crippen LogP contribution in [0, 0.1) is 63.5 Å². The van der Waals surface area contributed by atoms with Crippen LogP contribution < -0.4 is 0 Å². The molecule has 0 radical (unpaired) electrons. The summed E-state index contributed by atoms with van der Waals surface area (Å²) in [5.41, 5.74) is 20.1. The minimum atomic E-state index is -0.753. The zero-order valence-corrected chi connectivity index (χ0v) is 55.5. The van der Waals surface area contributed by atoms with E-state index in [1.165, 1.54) is 102 Å². The molecule has 5 heterocycles. The molecule has 0 fully saturated rings. The number of nitriles is 2. The number of allylic oxidation sites excluding steroid dienone is 5. The standard InChI is InChI=1S/C84H48N4O2S5/c1-45-15-24-51(25-16-45)83(52-26-17-46(2)18-27-52)66-41-63-67(40-62(66)79-75(83)61-34-23-49(37-70(61)93-79)68-35-32-55(91-68)39-65-74(82(87-5)88-6)58-12-8-10-14-60(58)78(65)90)84(53-28-19-47(3)20-29-53,54-30-21-48(4)22-31-54)76-80(63)95-72-42-71(94-81(72)76)69-36-33-56(92-69)38-64-73(50(43-85)44-86)57-11-7-9-13-59(57)77(64)89/h7-42H,1-4H3. The van der Waals surface area contributed by atoms with E-state index in [0.717, 1.165) is 34.6 Å². The van der Waals surface area contributed by atoms with Crippen molar-refractivity contribution in [2.24, 2.45) is 0 Å². The molecule has 4 aliphatic rings. The molecule has 4 aliphatic carbocycles. The summed E-state index contributed by atoms with van der Waals surface area (Å²) in [5, 5.41) is 21.4. The highest BCUT2D eigenvalue weighted by Crippen LogP contribution is 2.68. The summed E-state index contributed by atoms with van der Waals surface area (Å²) < 4.78 is 3.59. The number of rotatable bonds is 8. The van der Waals surface area contributed by atoms with Gasteiger partial charge in [0, 0.05) is 76.9 Å². The van der Waals surface area contributed by atoms with Gasteiger partial charge in [-0.15, -0.1) is 56.7 Å². The third-order valence-corrected chi connectivity index (χ3v) is 25.3. The van der Waals surface area contributed by atoms with Crippen molar-refractivity contribution in [1.82, 2.24) is 0 Å². The number of nitrogens with zero attached hydrogens (tertiary/aromatic N) is 4. The first-order valence-corrected chi connectivity index (χ1v) is 35.0. The second-order valence-electron chi connectivity index (χ2n) is 24.7. The van der Waals surface area contributed by atoms with Gasteiger partial charge in [0.1, 0.15) is 30.9 Å². The summed E-state index contributed by atoms with van der Waals surface area (Å²) in [7, 11) is 0. The first kappa shape index (κ1) is 57.9. The fourth-order valence-corrected chi connectivity index (χ4v) is 21.2. The van der Waals surface area contributed by atoms with Gasteiger partial charge >= 0.3 is 5.82 Å². The molecule has 0 saturated carbocycles. The van der Waals surface area contributed by atoms with Gasteiger partial charge in [-0.3, -0.25) is 9.59 Å². The van der Waals surface area contributed by atoms with E-state index in [2.05, 4.69) is 195 Å². The largest absolute Gasteiger partial charge is 0.528 e. The summed E-state index contributed by atoms with van der Waals surface area (Å²) in [6.07, 6.45) is 3.70. The van der Waals surface area contributed by atoms with Gasteiger partial charge in [-0.05, 0) is 161 Å². The number of carbonyl (C=O) groups excluding carboxylic acids is 2. The molecule has 13 aromatic rings. The lowest BCUT2D eigenvalue weighted by Crippen LogP contribution is -2.30. The zero-order chi connectivity index (χ0) is 64.8. The topological polar surface area (TPSA) is 90.4 Å². The molecular weight excluding hydrogens is 1260 g/mol. The van der Waals surface area contributed by atoms with Gasteiger partial charge in [0.25, 0.3) is 0 Å². The molecule has 0 aliphatic heterocycles. The van der Waals surface area contributed by atoms with Crippen molar-refractivity contribution in [3.05, 3.63) is 350 Å². The van der Waals surface area contributed by atoms with Crippen molar-refractivity contribution in [2.75, 3.05) is 0 Å². The van der Waals surface area contributed by atoms with E-state index in [-0.39, 0.29) is 23.0 Å². The van der Waals surface area contributed by atoms with Crippen molar-refractivity contribution in [2.45, 2.75) is 38.5 Å². The third-order valence-electron chi connectivity index (χ3n) is 19.4. The molecule has 0 unspecified atom stereocenters. The highest BCUT2D eigenvalue weighted by Gasteiger charge is 2.54. The molecule has 0 N–H and O–H groups in total. The number of hydrogen-bond donors (Lipinski definition) is 0. The second-order valence-corrected chi connectivity index (χ2v) is 30.1. The number of carbonyl (C=O) groups is 2. The Balaban J connectivity index is 0.871. The zero-order valence-electron chi connectivity index (χ0n) is 51.4. The Labute approximate surface area is 568 Å². The molecular formula is C84H48N4O2S5. The maximum atomic E-state index is 14.0. The number of hydrogen-bond acceptors (Lipinski definition) is 9. The molecule has 446 valence electrons. The summed E-state index contributed by atoms with van der Waals surface area (Å²) in [6, 6.07) is 78.0. The molecule has 0 atom stereocenters. The van der Waals surface area contributed by atoms with Crippen LogP contribution in [0.3, 0.4) is 0 Å². The van der Waals surface area contributed by atoms with E-state index < -0.39 is 10.8 Å². The Morgan fingerprint density at radius 1 is 0.432 bits per heavy atom.